The van der Waals surface area contributed by atoms with Gasteiger partial charge in [-0.05, 0) is 48.9 Å². The fourth-order valence-corrected chi connectivity index (χ4v) is 3.58. The van der Waals surface area contributed by atoms with Crippen molar-refractivity contribution in [2.24, 2.45) is 0 Å². The molecule has 2 aromatic carbocycles. The fraction of sp³-hybridized carbons (Fsp3) is 0.455. The van der Waals surface area contributed by atoms with E-state index in [4.69, 9.17) is 0 Å². The van der Waals surface area contributed by atoms with Crippen molar-refractivity contribution < 1.29 is 0 Å². The highest BCUT2D eigenvalue weighted by Gasteiger charge is 2.10. The normalized spacial score (nSPS) is 11.6. The van der Waals surface area contributed by atoms with Crippen LogP contribution in [-0.4, -0.2) is 4.98 Å². The molecule has 0 saturated carbocycles. The van der Waals surface area contributed by atoms with Gasteiger partial charge in [0.05, 0.1) is 0 Å². The van der Waals surface area contributed by atoms with E-state index in [1.807, 2.05) is 0 Å². The van der Waals surface area contributed by atoms with Crippen LogP contribution in [0, 0.1) is 0 Å². The Bertz CT molecular complexity index is 766. The Labute approximate surface area is 140 Å². The summed E-state index contributed by atoms with van der Waals surface area (Å²) >= 11 is 0. The highest BCUT2D eigenvalue weighted by atomic mass is 14.7. The van der Waals surface area contributed by atoms with Crippen LogP contribution in [0.5, 0.6) is 0 Å². The molecule has 1 nitrogen and oxygen atoms in total. The van der Waals surface area contributed by atoms with Gasteiger partial charge in [0, 0.05) is 21.8 Å². The Balaban J connectivity index is 2.01. The molecule has 0 spiro atoms. The minimum Gasteiger partial charge on any atom is -0.354 e. The van der Waals surface area contributed by atoms with Crippen molar-refractivity contribution in [3.8, 4) is 0 Å². The summed E-state index contributed by atoms with van der Waals surface area (Å²) in [5.41, 5.74) is 5.66. The van der Waals surface area contributed by atoms with Crippen molar-refractivity contribution in [2.75, 3.05) is 0 Å². The molecule has 0 radical (unpaired) electrons. The number of unbranched alkanes of at least 4 members (excludes halogenated alkanes) is 4. The van der Waals surface area contributed by atoms with Crippen LogP contribution in [0.4, 0.5) is 0 Å². The number of aryl methyl sites for hydroxylation is 2. The second-order valence-corrected chi connectivity index (χ2v) is 6.76. The number of H-pyrrole nitrogens is 1. The summed E-state index contributed by atoms with van der Waals surface area (Å²) in [6, 6.07) is 13.6. The molecule has 0 fully saturated rings. The van der Waals surface area contributed by atoms with Gasteiger partial charge in [-0.15, -0.1) is 0 Å². The van der Waals surface area contributed by atoms with E-state index in [1.54, 1.807) is 0 Å². The third kappa shape index (κ3) is 3.60. The Morgan fingerprint density at radius 2 is 1.52 bits per heavy atom. The largest absolute Gasteiger partial charge is 0.354 e. The maximum atomic E-state index is 3.67. The summed E-state index contributed by atoms with van der Waals surface area (Å²) in [4.78, 5) is 3.67. The lowest BCUT2D eigenvalue weighted by molar-refractivity contribution is 0.710. The Hall–Kier alpha value is -1.76. The van der Waals surface area contributed by atoms with Crippen LogP contribution >= 0.6 is 0 Å². The van der Waals surface area contributed by atoms with Crippen molar-refractivity contribution in [1.82, 2.24) is 4.98 Å². The van der Waals surface area contributed by atoms with Gasteiger partial charge in [-0.2, -0.15) is 0 Å². The number of hydrogen-bond donors (Lipinski definition) is 1. The molecule has 0 aliphatic rings. The molecule has 3 aromatic rings. The van der Waals surface area contributed by atoms with Crippen molar-refractivity contribution >= 4 is 21.8 Å². The molecule has 0 aliphatic carbocycles. The molecule has 0 saturated heterocycles. The number of para-hydroxylation sites is 1. The third-order valence-corrected chi connectivity index (χ3v) is 4.88. The van der Waals surface area contributed by atoms with Crippen LogP contribution in [0.2, 0.25) is 0 Å². The van der Waals surface area contributed by atoms with Crippen molar-refractivity contribution in [1.29, 1.82) is 0 Å². The van der Waals surface area contributed by atoms with Crippen LogP contribution < -0.4 is 0 Å². The zero-order valence-corrected chi connectivity index (χ0v) is 14.6. The summed E-state index contributed by atoms with van der Waals surface area (Å²) in [5.74, 6) is 0. The first-order chi connectivity index (χ1) is 11.3. The van der Waals surface area contributed by atoms with Gasteiger partial charge < -0.3 is 4.98 Å². The molecule has 1 heteroatoms. The van der Waals surface area contributed by atoms with Gasteiger partial charge in [0.25, 0.3) is 0 Å². The number of benzene rings is 2. The quantitative estimate of drug-likeness (QED) is 0.441. The Morgan fingerprint density at radius 3 is 2.30 bits per heavy atom. The monoisotopic (exact) mass is 307 g/mol. The molecule has 23 heavy (non-hydrogen) atoms. The molecule has 0 amide bonds. The predicted octanol–water partition coefficient (Wildman–Crippen LogP) is 6.79. The van der Waals surface area contributed by atoms with Crippen molar-refractivity contribution in [3.63, 3.8) is 0 Å². The topological polar surface area (TPSA) is 15.8 Å². The second kappa shape index (κ2) is 7.68. The van der Waals surface area contributed by atoms with Crippen molar-refractivity contribution in [2.45, 2.75) is 65.2 Å². The minimum atomic E-state index is 1.19. The van der Waals surface area contributed by atoms with Gasteiger partial charge in [0.2, 0.25) is 0 Å². The SMILES string of the molecule is CCCCCc1cc(CCCCC)c2[nH]c3ccccc3c2c1. The maximum absolute atomic E-state index is 3.67. The van der Waals surface area contributed by atoms with Gasteiger partial charge in [0.1, 0.15) is 0 Å². The lowest BCUT2D eigenvalue weighted by Gasteiger charge is -2.08. The lowest BCUT2D eigenvalue weighted by Crippen LogP contribution is -1.93. The molecule has 0 unspecified atom stereocenters. The van der Waals surface area contributed by atoms with E-state index in [0.29, 0.717) is 0 Å². The number of fused-ring (bicyclic) bond motifs is 3. The van der Waals surface area contributed by atoms with E-state index < -0.39 is 0 Å². The first-order valence-electron chi connectivity index (χ1n) is 9.35. The van der Waals surface area contributed by atoms with Crippen molar-refractivity contribution in [3.05, 3.63) is 47.5 Å². The van der Waals surface area contributed by atoms with Crippen LogP contribution in [-0.2, 0) is 12.8 Å². The highest BCUT2D eigenvalue weighted by molar-refractivity contribution is 6.08. The third-order valence-electron chi connectivity index (χ3n) is 4.88. The molecule has 0 atom stereocenters. The van der Waals surface area contributed by atoms with Crippen LogP contribution in [0.25, 0.3) is 21.8 Å². The predicted molar refractivity (Wildman–Crippen MR) is 102 cm³/mol. The fourth-order valence-electron chi connectivity index (χ4n) is 3.58. The van der Waals surface area contributed by atoms with E-state index in [0.717, 1.165) is 0 Å². The van der Waals surface area contributed by atoms with Gasteiger partial charge in [-0.1, -0.05) is 63.8 Å². The number of aromatic nitrogens is 1. The average molecular weight is 307 g/mol. The Morgan fingerprint density at radius 1 is 0.783 bits per heavy atom. The second-order valence-electron chi connectivity index (χ2n) is 6.76. The highest BCUT2D eigenvalue weighted by Crippen LogP contribution is 2.30. The summed E-state index contributed by atoms with van der Waals surface area (Å²) in [7, 11) is 0. The standard InChI is InChI=1S/C22H29N/c1-3-5-7-11-17-15-18(12-8-6-4-2)22-20(16-17)19-13-9-10-14-21(19)23-22/h9-10,13-16,23H,3-8,11-12H2,1-2H3. The van der Waals surface area contributed by atoms with E-state index >= 15 is 0 Å². The molecule has 122 valence electrons. The van der Waals surface area contributed by atoms with Gasteiger partial charge in [-0.25, -0.2) is 0 Å². The molecule has 0 aliphatic heterocycles. The summed E-state index contributed by atoms with van der Waals surface area (Å²) in [6.07, 6.45) is 10.2. The van der Waals surface area contributed by atoms with Gasteiger partial charge in [-0.3, -0.25) is 0 Å². The molecular formula is C22H29N. The number of hydrogen-bond acceptors (Lipinski definition) is 0. The summed E-state index contributed by atoms with van der Waals surface area (Å²) in [5, 5.41) is 2.79. The van der Waals surface area contributed by atoms with E-state index in [2.05, 4.69) is 55.2 Å². The minimum absolute atomic E-state index is 1.19. The zero-order valence-electron chi connectivity index (χ0n) is 14.6. The Kier molecular flexibility index (Phi) is 5.38. The molecule has 3 rings (SSSR count). The van der Waals surface area contributed by atoms with Gasteiger partial charge in [0.15, 0.2) is 0 Å². The van der Waals surface area contributed by atoms with Crippen LogP contribution in [0.15, 0.2) is 36.4 Å². The first-order valence-corrected chi connectivity index (χ1v) is 9.35. The molecule has 1 heterocycles. The molecule has 1 aromatic heterocycles. The molecule has 0 bridgehead atoms. The lowest BCUT2D eigenvalue weighted by atomic mass is 9.97. The van der Waals surface area contributed by atoms with E-state index in [9.17, 15) is 0 Å². The molecular weight excluding hydrogens is 278 g/mol. The van der Waals surface area contributed by atoms with E-state index in [-0.39, 0.29) is 0 Å². The maximum Gasteiger partial charge on any atom is 0.0497 e. The van der Waals surface area contributed by atoms with Crippen LogP contribution in [0.3, 0.4) is 0 Å². The van der Waals surface area contributed by atoms with Crippen LogP contribution in [0.1, 0.15) is 63.5 Å². The smallest absolute Gasteiger partial charge is 0.0497 e. The van der Waals surface area contributed by atoms with Gasteiger partial charge >= 0.3 is 0 Å². The summed E-state index contributed by atoms with van der Waals surface area (Å²) < 4.78 is 0. The number of aromatic amines is 1. The van der Waals surface area contributed by atoms with E-state index in [1.165, 1.54) is 84.3 Å². The zero-order chi connectivity index (χ0) is 16.1. The average Bonchev–Trinajstić information content (AvgIpc) is 2.94. The number of nitrogens with one attached hydrogen (secondary N) is 1. The number of rotatable bonds is 8. The first kappa shape index (κ1) is 16.1. The molecule has 1 N–H and O–H groups in total. The summed E-state index contributed by atoms with van der Waals surface area (Å²) in [6.45, 7) is 4.55.